The van der Waals surface area contributed by atoms with Gasteiger partial charge in [-0.2, -0.15) is 0 Å². The van der Waals surface area contributed by atoms with Gasteiger partial charge in [0.2, 0.25) is 0 Å². The van der Waals surface area contributed by atoms with Crippen molar-refractivity contribution in [2.45, 2.75) is 31.6 Å². The second kappa shape index (κ2) is 3.32. The number of hydrogen-bond acceptors (Lipinski definition) is 2. The molecule has 3 nitrogen and oxygen atoms in total. The fraction of sp³-hybridized carbons (Fsp3) is 0.600. The smallest absolute Gasteiger partial charge is 0.133 e. The normalized spacial score (nSPS) is 23.5. The topological polar surface area (TPSA) is 34.9 Å². The number of nitrogens with zero attached hydrogens (tertiary/aromatic N) is 2. The lowest BCUT2D eigenvalue weighted by Crippen LogP contribution is -2.16. The minimum atomic E-state index is 0.362. The van der Waals surface area contributed by atoms with Gasteiger partial charge in [-0.1, -0.05) is 0 Å². The van der Waals surface area contributed by atoms with Gasteiger partial charge in [-0.25, -0.2) is 4.98 Å². The molecule has 0 spiro atoms. The lowest BCUT2D eigenvalue weighted by atomic mass is 9.88. The van der Waals surface area contributed by atoms with E-state index in [1.807, 2.05) is 17.8 Å². The molecule has 2 rings (SSSR count). The molecule has 1 aliphatic carbocycles. The van der Waals surface area contributed by atoms with Crippen LogP contribution in [0.1, 0.15) is 37.4 Å². The van der Waals surface area contributed by atoms with Crippen LogP contribution in [0.5, 0.6) is 0 Å². The summed E-state index contributed by atoms with van der Waals surface area (Å²) < 4.78 is 2.02. The van der Waals surface area contributed by atoms with Gasteiger partial charge in [-0.3, -0.25) is 4.79 Å². The number of aromatic nitrogens is 2. The zero-order chi connectivity index (χ0) is 9.26. The predicted molar refractivity (Wildman–Crippen MR) is 49.4 cm³/mol. The molecule has 0 saturated heterocycles. The van der Waals surface area contributed by atoms with E-state index in [0.29, 0.717) is 18.1 Å². The van der Waals surface area contributed by atoms with Crippen LogP contribution in [0.25, 0.3) is 0 Å². The highest BCUT2D eigenvalue weighted by molar-refractivity contribution is 5.79. The second-order valence-electron chi connectivity index (χ2n) is 3.73. The molecule has 1 aromatic rings. The lowest BCUT2D eigenvalue weighted by molar-refractivity contribution is -0.120. The summed E-state index contributed by atoms with van der Waals surface area (Å²) in [6, 6.07) is 0. The number of rotatable bonds is 1. The first-order valence-electron chi connectivity index (χ1n) is 4.76. The minimum Gasteiger partial charge on any atom is -0.338 e. The second-order valence-corrected chi connectivity index (χ2v) is 3.73. The van der Waals surface area contributed by atoms with Crippen LogP contribution in [0.3, 0.4) is 0 Å². The Bertz CT molecular complexity index is 316. The molecular weight excluding hydrogens is 164 g/mol. The molecule has 1 heterocycles. The van der Waals surface area contributed by atoms with Crippen molar-refractivity contribution in [3.05, 3.63) is 18.2 Å². The van der Waals surface area contributed by atoms with Gasteiger partial charge in [0.05, 0.1) is 0 Å². The summed E-state index contributed by atoms with van der Waals surface area (Å²) in [6.07, 6.45) is 7.32. The van der Waals surface area contributed by atoms with Crippen LogP contribution in [0.2, 0.25) is 0 Å². The van der Waals surface area contributed by atoms with Crippen LogP contribution in [-0.2, 0) is 11.8 Å². The molecule has 13 heavy (non-hydrogen) atoms. The Morgan fingerprint density at radius 3 is 3.08 bits per heavy atom. The first-order chi connectivity index (χ1) is 6.27. The monoisotopic (exact) mass is 178 g/mol. The van der Waals surface area contributed by atoms with E-state index in [4.69, 9.17) is 0 Å². The van der Waals surface area contributed by atoms with Crippen molar-refractivity contribution in [3.8, 4) is 0 Å². The van der Waals surface area contributed by atoms with Gasteiger partial charge in [0.1, 0.15) is 11.6 Å². The van der Waals surface area contributed by atoms with E-state index >= 15 is 0 Å². The first-order valence-corrected chi connectivity index (χ1v) is 4.76. The SMILES string of the molecule is Cn1ccnc1[C@H]1CCCC(=O)C1. The molecule has 0 bridgehead atoms. The molecule has 0 N–H and O–H groups in total. The largest absolute Gasteiger partial charge is 0.338 e. The van der Waals surface area contributed by atoms with Crippen LogP contribution in [0.4, 0.5) is 0 Å². The van der Waals surface area contributed by atoms with Crippen LogP contribution in [-0.4, -0.2) is 15.3 Å². The van der Waals surface area contributed by atoms with E-state index < -0.39 is 0 Å². The fourth-order valence-electron chi connectivity index (χ4n) is 2.02. The van der Waals surface area contributed by atoms with E-state index in [-0.39, 0.29) is 0 Å². The summed E-state index contributed by atoms with van der Waals surface area (Å²) in [7, 11) is 1.99. The highest BCUT2D eigenvalue weighted by Crippen LogP contribution is 2.29. The number of carbonyl (C=O) groups is 1. The number of ketones is 1. The molecule has 1 fully saturated rings. The maximum absolute atomic E-state index is 11.2. The van der Waals surface area contributed by atoms with Gasteiger partial charge >= 0.3 is 0 Å². The Balaban J connectivity index is 2.17. The molecule has 0 unspecified atom stereocenters. The van der Waals surface area contributed by atoms with Gasteiger partial charge in [0, 0.05) is 38.2 Å². The minimum absolute atomic E-state index is 0.362. The predicted octanol–water partition coefficient (Wildman–Crippen LogP) is 1.65. The van der Waals surface area contributed by atoms with E-state index in [9.17, 15) is 4.79 Å². The molecule has 0 radical (unpaired) electrons. The molecule has 1 aromatic heterocycles. The molecular formula is C10H14N2O. The van der Waals surface area contributed by atoms with Crippen molar-refractivity contribution in [1.82, 2.24) is 9.55 Å². The Hall–Kier alpha value is -1.12. The summed E-state index contributed by atoms with van der Waals surface area (Å²) in [5.41, 5.74) is 0. The standard InChI is InChI=1S/C10H14N2O/c1-12-6-5-11-10(12)8-3-2-4-9(13)7-8/h5-6,8H,2-4,7H2,1H3/t8-/m0/s1. The number of aryl methyl sites for hydroxylation is 1. The highest BCUT2D eigenvalue weighted by Gasteiger charge is 2.23. The third kappa shape index (κ3) is 1.64. The van der Waals surface area contributed by atoms with Gasteiger partial charge in [-0.05, 0) is 12.8 Å². The molecule has 3 heteroatoms. The van der Waals surface area contributed by atoms with Gasteiger partial charge < -0.3 is 4.57 Å². The zero-order valence-electron chi connectivity index (χ0n) is 7.86. The van der Waals surface area contributed by atoms with Crippen molar-refractivity contribution in [1.29, 1.82) is 0 Å². The number of carbonyl (C=O) groups excluding carboxylic acids is 1. The lowest BCUT2D eigenvalue weighted by Gasteiger charge is -2.20. The van der Waals surface area contributed by atoms with Gasteiger partial charge in [-0.15, -0.1) is 0 Å². The first kappa shape index (κ1) is 8.48. The molecule has 0 aliphatic heterocycles. The van der Waals surface area contributed by atoms with Crippen molar-refractivity contribution in [2.75, 3.05) is 0 Å². The Kier molecular flexibility index (Phi) is 2.17. The number of imidazole rings is 1. The third-order valence-electron chi connectivity index (χ3n) is 2.71. The summed E-state index contributed by atoms with van der Waals surface area (Å²) in [5.74, 6) is 1.81. The maximum Gasteiger partial charge on any atom is 0.133 e. The third-order valence-corrected chi connectivity index (χ3v) is 2.71. The van der Waals surface area contributed by atoms with Crippen molar-refractivity contribution in [2.24, 2.45) is 7.05 Å². The molecule has 1 aliphatic rings. The summed E-state index contributed by atoms with van der Waals surface area (Å²) in [5, 5.41) is 0. The van der Waals surface area contributed by atoms with Crippen LogP contribution in [0.15, 0.2) is 12.4 Å². The van der Waals surface area contributed by atoms with E-state index in [0.717, 1.165) is 25.1 Å². The average Bonchev–Trinajstić information content (AvgIpc) is 2.51. The van der Waals surface area contributed by atoms with Crippen molar-refractivity contribution >= 4 is 5.78 Å². The quantitative estimate of drug-likeness (QED) is 0.655. The number of hydrogen-bond donors (Lipinski definition) is 0. The van der Waals surface area contributed by atoms with Crippen LogP contribution in [0, 0.1) is 0 Å². The molecule has 70 valence electrons. The summed E-state index contributed by atoms with van der Waals surface area (Å²) in [4.78, 5) is 15.5. The average molecular weight is 178 g/mol. The Labute approximate surface area is 77.8 Å². The maximum atomic E-state index is 11.2. The summed E-state index contributed by atoms with van der Waals surface area (Å²) >= 11 is 0. The molecule has 1 atom stereocenters. The van der Waals surface area contributed by atoms with Crippen molar-refractivity contribution < 1.29 is 4.79 Å². The van der Waals surface area contributed by atoms with E-state index in [1.54, 1.807) is 6.20 Å². The Morgan fingerprint density at radius 2 is 2.46 bits per heavy atom. The highest BCUT2D eigenvalue weighted by atomic mass is 16.1. The Morgan fingerprint density at radius 1 is 1.62 bits per heavy atom. The van der Waals surface area contributed by atoms with Crippen molar-refractivity contribution in [3.63, 3.8) is 0 Å². The molecule has 0 aromatic carbocycles. The van der Waals surface area contributed by atoms with Crippen LogP contribution < -0.4 is 0 Å². The van der Waals surface area contributed by atoms with Gasteiger partial charge in [0.25, 0.3) is 0 Å². The number of Topliss-reactive ketones (excluding diaryl/α,β-unsaturated/α-hetero) is 1. The fourth-order valence-corrected chi connectivity index (χ4v) is 2.02. The van der Waals surface area contributed by atoms with Gasteiger partial charge in [0.15, 0.2) is 0 Å². The molecule has 1 saturated carbocycles. The summed E-state index contributed by atoms with van der Waals surface area (Å²) in [6.45, 7) is 0. The zero-order valence-corrected chi connectivity index (χ0v) is 7.86. The van der Waals surface area contributed by atoms with E-state index in [1.165, 1.54) is 0 Å². The van der Waals surface area contributed by atoms with E-state index in [2.05, 4.69) is 4.98 Å². The molecule has 0 amide bonds. The van der Waals surface area contributed by atoms with Crippen LogP contribution >= 0.6 is 0 Å².